The number of thiophene rings is 1. The van der Waals surface area contributed by atoms with Crippen molar-refractivity contribution in [2.45, 2.75) is 6.92 Å². The highest BCUT2D eigenvalue weighted by Crippen LogP contribution is 2.40. The number of thioether (sulfide) groups is 1. The Labute approximate surface area is 183 Å². The minimum atomic E-state index is -0.289. The van der Waals surface area contributed by atoms with E-state index in [1.165, 1.54) is 28.0 Å². The summed E-state index contributed by atoms with van der Waals surface area (Å²) < 4.78 is 5.37. The molecule has 3 amide bonds. The van der Waals surface area contributed by atoms with Crippen molar-refractivity contribution < 1.29 is 19.1 Å². The number of nitrogens with one attached hydrogen (secondary N) is 1. The largest absolute Gasteiger partial charge is 0.378 e. The van der Waals surface area contributed by atoms with Crippen LogP contribution in [0.15, 0.2) is 30.3 Å². The Morgan fingerprint density at radius 3 is 2.53 bits per heavy atom. The number of morpholine rings is 1. The summed E-state index contributed by atoms with van der Waals surface area (Å²) in [6, 6.07) is 9.83. The number of hydrogen-bond acceptors (Lipinski definition) is 6. The third-order valence-electron chi connectivity index (χ3n) is 5.13. The van der Waals surface area contributed by atoms with Gasteiger partial charge in [-0.3, -0.25) is 14.4 Å². The minimum Gasteiger partial charge on any atom is -0.378 e. The van der Waals surface area contributed by atoms with E-state index in [0.29, 0.717) is 49.2 Å². The van der Waals surface area contributed by atoms with E-state index in [9.17, 15) is 14.4 Å². The number of rotatable bonds is 5. The van der Waals surface area contributed by atoms with Crippen molar-refractivity contribution in [1.82, 2.24) is 9.80 Å². The highest BCUT2D eigenvalue weighted by molar-refractivity contribution is 8.13. The highest BCUT2D eigenvalue weighted by atomic mass is 32.2. The molecule has 0 radical (unpaired) electrons. The molecule has 7 nitrogen and oxygen atoms in total. The summed E-state index contributed by atoms with van der Waals surface area (Å²) in [4.78, 5) is 42.1. The van der Waals surface area contributed by atoms with Gasteiger partial charge in [0.15, 0.2) is 0 Å². The van der Waals surface area contributed by atoms with E-state index < -0.39 is 0 Å². The van der Waals surface area contributed by atoms with Gasteiger partial charge in [-0.05, 0) is 18.1 Å². The number of nitrogens with zero attached hydrogens (tertiary/aromatic N) is 2. The quantitative estimate of drug-likeness (QED) is 0.764. The molecule has 9 heteroatoms. The van der Waals surface area contributed by atoms with Crippen molar-refractivity contribution in [3.05, 3.63) is 41.5 Å². The van der Waals surface area contributed by atoms with Crippen LogP contribution in [0.5, 0.6) is 0 Å². The number of ether oxygens (including phenoxy) is 1. The van der Waals surface area contributed by atoms with Gasteiger partial charge in [-0.15, -0.1) is 11.3 Å². The van der Waals surface area contributed by atoms with Crippen LogP contribution in [0, 0.1) is 6.92 Å². The molecule has 0 saturated carbocycles. The fraction of sp³-hybridized carbons (Fsp3) is 0.381. The summed E-state index contributed by atoms with van der Waals surface area (Å²) in [7, 11) is 0. The van der Waals surface area contributed by atoms with Gasteiger partial charge >= 0.3 is 0 Å². The Hall–Kier alpha value is -2.36. The summed E-state index contributed by atoms with van der Waals surface area (Å²) in [6.07, 6.45) is 0. The van der Waals surface area contributed by atoms with Crippen LogP contribution < -0.4 is 5.32 Å². The molecule has 0 bridgehead atoms. The first-order valence-corrected chi connectivity index (χ1v) is 11.6. The van der Waals surface area contributed by atoms with Crippen molar-refractivity contribution >= 4 is 45.2 Å². The van der Waals surface area contributed by atoms with E-state index >= 15 is 0 Å². The van der Waals surface area contributed by atoms with E-state index in [1.807, 2.05) is 37.3 Å². The van der Waals surface area contributed by atoms with Gasteiger partial charge in [0.1, 0.15) is 11.5 Å². The number of benzene rings is 1. The molecule has 2 aliphatic rings. The summed E-state index contributed by atoms with van der Waals surface area (Å²) >= 11 is 2.62. The van der Waals surface area contributed by atoms with Crippen molar-refractivity contribution in [3.8, 4) is 10.4 Å². The predicted molar refractivity (Wildman–Crippen MR) is 119 cm³/mol. The Morgan fingerprint density at radius 2 is 1.87 bits per heavy atom. The molecule has 4 rings (SSSR count). The average molecular weight is 446 g/mol. The van der Waals surface area contributed by atoms with Crippen LogP contribution >= 0.6 is 23.1 Å². The van der Waals surface area contributed by atoms with Crippen LogP contribution in [-0.4, -0.2) is 72.0 Å². The zero-order valence-electron chi connectivity index (χ0n) is 16.7. The molecule has 2 saturated heterocycles. The van der Waals surface area contributed by atoms with E-state index in [1.54, 1.807) is 4.90 Å². The summed E-state index contributed by atoms with van der Waals surface area (Å²) in [6.45, 7) is 4.56. The SMILES string of the molecule is Cc1c(-c2ccccc2)sc(NC(=O)CN2CCSC2=O)c1C(=O)N1CCOCC1. The van der Waals surface area contributed by atoms with Gasteiger partial charge < -0.3 is 19.9 Å². The van der Waals surface area contributed by atoms with Crippen molar-refractivity contribution in [3.63, 3.8) is 0 Å². The molecule has 0 aliphatic carbocycles. The fourth-order valence-corrected chi connectivity index (χ4v) is 5.60. The molecule has 1 N–H and O–H groups in total. The number of carbonyl (C=O) groups excluding carboxylic acids is 3. The summed E-state index contributed by atoms with van der Waals surface area (Å²) in [5, 5.41) is 3.36. The Bertz CT molecular complexity index is 955. The molecular weight excluding hydrogens is 422 g/mol. The molecule has 1 aromatic carbocycles. The zero-order chi connectivity index (χ0) is 21.1. The standard InChI is InChI=1S/C21H23N3O4S2/c1-14-17(20(26)23-7-10-28-11-8-23)19(30-18(14)15-5-3-2-4-6-15)22-16(25)13-24-9-12-29-21(24)27/h2-6H,7-13H2,1H3,(H,22,25). The lowest BCUT2D eigenvalue weighted by molar-refractivity contribution is -0.116. The number of anilines is 1. The number of amides is 3. The molecule has 2 aromatic rings. The van der Waals surface area contributed by atoms with Crippen LogP contribution in [0.4, 0.5) is 9.80 Å². The lowest BCUT2D eigenvalue weighted by Gasteiger charge is -2.27. The van der Waals surface area contributed by atoms with Crippen molar-refractivity contribution in [2.24, 2.45) is 0 Å². The van der Waals surface area contributed by atoms with Gasteiger partial charge in [-0.25, -0.2) is 0 Å². The molecule has 2 aliphatic heterocycles. The Kier molecular flexibility index (Phi) is 6.40. The average Bonchev–Trinajstić information content (AvgIpc) is 3.31. The summed E-state index contributed by atoms with van der Waals surface area (Å²) in [5.74, 6) is 0.309. The van der Waals surface area contributed by atoms with Gasteiger partial charge in [0, 0.05) is 30.3 Å². The van der Waals surface area contributed by atoms with Gasteiger partial charge in [-0.1, -0.05) is 42.1 Å². The smallest absolute Gasteiger partial charge is 0.282 e. The number of carbonyl (C=O) groups is 3. The molecule has 0 unspecified atom stereocenters. The molecule has 30 heavy (non-hydrogen) atoms. The molecule has 3 heterocycles. The van der Waals surface area contributed by atoms with Crippen LogP contribution in [0.25, 0.3) is 10.4 Å². The third-order valence-corrected chi connectivity index (χ3v) is 7.28. The van der Waals surface area contributed by atoms with Crippen LogP contribution in [0.2, 0.25) is 0 Å². The van der Waals surface area contributed by atoms with Gasteiger partial charge in [0.25, 0.3) is 11.1 Å². The zero-order valence-corrected chi connectivity index (χ0v) is 18.3. The molecule has 0 atom stereocenters. The second-order valence-electron chi connectivity index (χ2n) is 7.12. The van der Waals surface area contributed by atoms with Crippen molar-refractivity contribution in [2.75, 3.05) is 50.5 Å². The third kappa shape index (κ3) is 4.38. The van der Waals surface area contributed by atoms with Crippen LogP contribution in [-0.2, 0) is 9.53 Å². The second kappa shape index (κ2) is 9.20. The second-order valence-corrected chi connectivity index (χ2v) is 9.18. The molecular formula is C21H23N3O4S2. The van der Waals surface area contributed by atoms with Crippen LogP contribution in [0.3, 0.4) is 0 Å². The van der Waals surface area contributed by atoms with E-state index in [-0.39, 0.29) is 23.6 Å². The first-order valence-electron chi connectivity index (χ1n) is 9.82. The minimum absolute atomic E-state index is 0.00532. The first-order chi connectivity index (χ1) is 14.5. The van der Waals surface area contributed by atoms with Gasteiger partial charge in [0.05, 0.1) is 18.8 Å². The predicted octanol–water partition coefficient (Wildman–Crippen LogP) is 3.30. The monoisotopic (exact) mass is 445 g/mol. The maximum atomic E-state index is 13.3. The molecule has 0 spiro atoms. The topological polar surface area (TPSA) is 79.0 Å². The Balaban J connectivity index is 1.64. The maximum absolute atomic E-state index is 13.3. The van der Waals surface area contributed by atoms with E-state index in [0.717, 1.165) is 16.0 Å². The number of hydrogen-bond donors (Lipinski definition) is 1. The molecule has 2 fully saturated rings. The molecule has 1 aromatic heterocycles. The van der Waals surface area contributed by atoms with Gasteiger partial charge in [0.2, 0.25) is 5.91 Å². The highest BCUT2D eigenvalue weighted by Gasteiger charge is 2.29. The lowest BCUT2D eigenvalue weighted by atomic mass is 10.1. The van der Waals surface area contributed by atoms with Crippen LogP contribution in [0.1, 0.15) is 15.9 Å². The fourth-order valence-electron chi connectivity index (χ4n) is 3.56. The van der Waals surface area contributed by atoms with E-state index in [2.05, 4.69) is 5.32 Å². The lowest BCUT2D eigenvalue weighted by Crippen LogP contribution is -2.41. The van der Waals surface area contributed by atoms with E-state index in [4.69, 9.17) is 4.74 Å². The molecule has 158 valence electrons. The van der Waals surface area contributed by atoms with Crippen molar-refractivity contribution in [1.29, 1.82) is 0 Å². The first kappa shape index (κ1) is 20.9. The Morgan fingerprint density at radius 1 is 1.13 bits per heavy atom. The maximum Gasteiger partial charge on any atom is 0.282 e. The normalized spacial score (nSPS) is 16.8. The summed E-state index contributed by atoms with van der Waals surface area (Å²) in [5.41, 5.74) is 2.38. The van der Waals surface area contributed by atoms with Gasteiger partial charge in [-0.2, -0.15) is 0 Å².